The molecule has 0 spiro atoms. The Balaban J connectivity index is 1.93. The second kappa shape index (κ2) is 6.77. The quantitative estimate of drug-likeness (QED) is 0.822. The van der Waals surface area contributed by atoms with Gasteiger partial charge in [0.1, 0.15) is 5.51 Å². The number of rotatable bonds is 4. The number of amides is 1. The van der Waals surface area contributed by atoms with E-state index >= 15 is 0 Å². The summed E-state index contributed by atoms with van der Waals surface area (Å²) in [5.41, 5.74) is 1.55. The van der Waals surface area contributed by atoms with Gasteiger partial charge in [-0.25, -0.2) is 12.7 Å². The summed E-state index contributed by atoms with van der Waals surface area (Å²) in [7, 11) is -3.17. The molecule has 0 aromatic carbocycles. The first-order valence-electron chi connectivity index (χ1n) is 6.64. The van der Waals surface area contributed by atoms with Gasteiger partial charge >= 0.3 is 0 Å². The van der Waals surface area contributed by atoms with Crippen molar-refractivity contribution in [1.29, 1.82) is 0 Å². The van der Waals surface area contributed by atoms with Crippen molar-refractivity contribution in [1.82, 2.24) is 19.4 Å². The minimum absolute atomic E-state index is 0.153. The molecule has 1 saturated heterocycles. The van der Waals surface area contributed by atoms with Gasteiger partial charge in [-0.2, -0.15) is 0 Å². The molecule has 1 aromatic heterocycles. The first-order valence-corrected chi connectivity index (χ1v) is 9.37. The molecular formula is C11H19N5O3S2. The zero-order chi connectivity index (χ0) is 15.5. The summed E-state index contributed by atoms with van der Waals surface area (Å²) in [5, 5.41) is 10.6. The molecule has 1 N–H and O–H groups in total. The molecule has 0 bridgehead atoms. The highest BCUT2D eigenvalue weighted by molar-refractivity contribution is 7.88. The van der Waals surface area contributed by atoms with Gasteiger partial charge in [0.05, 0.1) is 12.3 Å². The standard InChI is InChI=1S/C11H19N5O3S2/c1-9(10(17)13-11-14-12-8-20-11)15-4-3-5-16(7-6-15)21(2,18)19/h8-9H,3-7H2,1-2H3,(H,13,14,17)/t9-/m0/s1. The van der Waals surface area contributed by atoms with E-state index in [1.165, 1.54) is 21.9 Å². The molecule has 0 saturated carbocycles. The van der Waals surface area contributed by atoms with Crippen molar-refractivity contribution in [3.63, 3.8) is 0 Å². The second-order valence-electron chi connectivity index (χ2n) is 4.96. The summed E-state index contributed by atoms with van der Waals surface area (Å²) in [6, 6.07) is -0.339. The van der Waals surface area contributed by atoms with E-state index in [9.17, 15) is 13.2 Å². The van der Waals surface area contributed by atoms with E-state index in [1.807, 2.05) is 11.8 Å². The molecule has 0 unspecified atom stereocenters. The Morgan fingerprint density at radius 1 is 1.38 bits per heavy atom. The molecule has 1 atom stereocenters. The maximum atomic E-state index is 12.2. The van der Waals surface area contributed by atoms with Crippen LogP contribution in [0.4, 0.5) is 5.13 Å². The monoisotopic (exact) mass is 333 g/mol. The summed E-state index contributed by atoms with van der Waals surface area (Å²) in [4.78, 5) is 14.1. The average molecular weight is 333 g/mol. The minimum atomic E-state index is -3.17. The molecule has 118 valence electrons. The lowest BCUT2D eigenvalue weighted by molar-refractivity contribution is -0.120. The van der Waals surface area contributed by atoms with E-state index in [0.717, 1.165) is 0 Å². The number of anilines is 1. The zero-order valence-corrected chi connectivity index (χ0v) is 13.7. The van der Waals surface area contributed by atoms with Gasteiger partial charge in [-0.3, -0.25) is 15.0 Å². The Labute approximate surface area is 128 Å². The van der Waals surface area contributed by atoms with Crippen molar-refractivity contribution in [3.8, 4) is 0 Å². The van der Waals surface area contributed by atoms with E-state index in [4.69, 9.17) is 0 Å². The highest BCUT2D eigenvalue weighted by atomic mass is 32.2. The van der Waals surface area contributed by atoms with Crippen molar-refractivity contribution in [2.75, 3.05) is 37.8 Å². The van der Waals surface area contributed by atoms with Gasteiger partial charge in [0.15, 0.2) is 0 Å². The molecule has 1 aliphatic rings. The molecular weight excluding hydrogens is 314 g/mol. The zero-order valence-electron chi connectivity index (χ0n) is 12.0. The minimum Gasteiger partial charge on any atom is -0.299 e. The van der Waals surface area contributed by atoms with Crippen LogP contribution in [-0.4, -0.2) is 72.2 Å². The fraction of sp³-hybridized carbons (Fsp3) is 0.727. The van der Waals surface area contributed by atoms with Crippen LogP contribution in [0.25, 0.3) is 0 Å². The fourth-order valence-corrected chi connectivity index (χ4v) is 3.56. The largest absolute Gasteiger partial charge is 0.299 e. The SMILES string of the molecule is C[C@@H](C(=O)Nc1nncs1)N1CCCN(S(C)(=O)=O)CC1. The number of hydrogen-bond acceptors (Lipinski definition) is 7. The molecule has 21 heavy (non-hydrogen) atoms. The van der Waals surface area contributed by atoms with Crippen molar-refractivity contribution in [2.45, 2.75) is 19.4 Å². The lowest BCUT2D eigenvalue weighted by Crippen LogP contribution is -2.44. The molecule has 2 rings (SSSR count). The summed E-state index contributed by atoms with van der Waals surface area (Å²) in [5.74, 6) is -0.153. The summed E-state index contributed by atoms with van der Waals surface area (Å²) in [6.07, 6.45) is 1.93. The number of hydrogen-bond donors (Lipinski definition) is 1. The van der Waals surface area contributed by atoms with Crippen LogP contribution in [0.15, 0.2) is 5.51 Å². The molecule has 1 fully saturated rings. The van der Waals surface area contributed by atoms with Gasteiger partial charge in [-0.1, -0.05) is 11.3 Å². The van der Waals surface area contributed by atoms with Crippen molar-refractivity contribution < 1.29 is 13.2 Å². The Kier molecular flexibility index (Phi) is 5.25. The van der Waals surface area contributed by atoms with Crippen molar-refractivity contribution >= 4 is 32.4 Å². The molecule has 10 heteroatoms. The van der Waals surface area contributed by atoms with Crippen LogP contribution in [0.2, 0.25) is 0 Å². The molecule has 0 radical (unpaired) electrons. The van der Waals surface area contributed by atoms with E-state index < -0.39 is 10.0 Å². The molecule has 1 aliphatic heterocycles. The summed E-state index contributed by atoms with van der Waals surface area (Å²) in [6.45, 7) is 3.95. The van der Waals surface area contributed by atoms with Crippen LogP contribution in [0.1, 0.15) is 13.3 Å². The number of carbonyl (C=O) groups excluding carboxylic acids is 1. The normalized spacial score (nSPS) is 19.9. The van der Waals surface area contributed by atoms with Crippen LogP contribution in [-0.2, 0) is 14.8 Å². The lowest BCUT2D eigenvalue weighted by Gasteiger charge is -2.26. The number of nitrogens with one attached hydrogen (secondary N) is 1. The van der Waals surface area contributed by atoms with Crippen LogP contribution in [0, 0.1) is 0 Å². The topological polar surface area (TPSA) is 95.5 Å². The van der Waals surface area contributed by atoms with Crippen molar-refractivity contribution in [3.05, 3.63) is 5.51 Å². The van der Waals surface area contributed by atoms with Gasteiger partial charge in [0, 0.05) is 26.2 Å². The maximum absolute atomic E-state index is 12.2. The Morgan fingerprint density at radius 3 is 2.76 bits per heavy atom. The number of nitrogens with zero attached hydrogens (tertiary/aromatic N) is 4. The Bertz CT molecular complexity index is 575. The lowest BCUT2D eigenvalue weighted by atomic mass is 10.2. The van der Waals surface area contributed by atoms with Gasteiger partial charge in [0.2, 0.25) is 21.1 Å². The maximum Gasteiger partial charge on any atom is 0.243 e. The third-order valence-corrected chi connectivity index (χ3v) is 5.39. The Morgan fingerprint density at radius 2 is 2.14 bits per heavy atom. The first-order chi connectivity index (χ1) is 9.88. The average Bonchev–Trinajstić information content (AvgIpc) is 2.77. The fourth-order valence-electron chi connectivity index (χ4n) is 2.24. The van der Waals surface area contributed by atoms with E-state index in [0.29, 0.717) is 37.7 Å². The van der Waals surface area contributed by atoms with Crippen LogP contribution >= 0.6 is 11.3 Å². The van der Waals surface area contributed by atoms with E-state index in [-0.39, 0.29) is 11.9 Å². The first kappa shape index (κ1) is 16.3. The number of sulfonamides is 1. The summed E-state index contributed by atoms with van der Waals surface area (Å²) >= 11 is 1.26. The molecule has 1 amide bonds. The van der Waals surface area contributed by atoms with E-state index in [2.05, 4.69) is 15.5 Å². The smallest absolute Gasteiger partial charge is 0.243 e. The van der Waals surface area contributed by atoms with E-state index in [1.54, 1.807) is 5.51 Å². The van der Waals surface area contributed by atoms with Crippen molar-refractivity contribution in [2.24, 2.45) is 0 Å². The molecule has 1 aromatic rings. The predicted octanol–water partition coefficient (Wildman–Crippen LogP) is -0.168. The van der Waals surface area contributed by atoms with Crippen LogP contribution < -0.4 is 5.32 Å². The number of carbonyl (C=O) groups is 1. The Hall–Kier alpha value is -1.10. The van der Waals surface area contributed by atoms with Gasteiger partial charge in [-0.15, -0.1) is 10.2 Å². The predicted molar refractivity (Wildman–Crippen MR) is 80.6 cm³/mol. The third kappa shape index (κ3) is 4.43. The summed E-state index contributed by atoms with van der Waals surface area (Å²) < 4.78 is 24.6. The number of aromatic nitrogens is 2. The molecule has 8 nitrogen and oxygen atoms in total. The van der Waals surface area contributed by atoms with Gasteiger partial charge in [0.25, 0.3) is 0 Å². The van der Waals surface area contributed by atoms with Gasteiger partial charge in [-0.05, 0) is 13.3 Å². The van der Waals surface area contributed by atoms with Gasteiger partial charge < -0.3 is 0 Å². The highest BCUT2D eigenvalue weighted by Crippen LogP contribution is 2.13. The second-order valence-corrected chi connectivity index (χ2v) is 7.78. The van der Waals surface area contributed by atoms with Crippen LogP contribution in [0.3, 0.4) is 0 Å². The molecule has 2 heterocycles. The molecule has 0 aliphatic carbocycles. The third-order valence-electron chi connectivity index (χ3n) is 3.48. The van der Waals surface area contributed by atoms with Crippen LogP contribution in [0.5, 0.6) is 0 Å². The highest BCUT2D eigenvalue weighted by Gasteiger charge is 2.27.